The molecule has 0 fully saturated rings. The van der Waals surface area contributed by atoms with Gasteiger partial charge in [-0.25, -0.2) is 0 Å². The third kappa shape index (κ3) is 2.19. The van der Waals surface area contributed by atoms with Gasteiger partial charge in [0.05, 0.1) is 0 Å². The molecule has 0 aliphatic rings. The fourth-order valence-corrected chi connectivity index (χ4v) is 2.00. The Morgan fingerprint density at radius 1 is 0.941 bits per heavy atom. The molecule has 0 aliphatic carbocycles. The maximum Gasteiger partial charge on any atom is 0.118 e. The van der Waals surface area contributed by atoms with Gasteiger partial charge in [0.2, 0.25) is 0 Å². The predicted octanol–water partition coefficient (Wildman–Crippen LogP) is 3.90. The molecule has 0 spiro atoms. The van der Waals surface area contributed by atoms with E-state index in [0.29, 0.717) is 5.56 Å². The minimum Gasteiger partial charge on any atom is -0.508 e. The van der Waals surface area contributed by atoms with Crippen LogP contribution < -0.4 is 0 Å². The first-order valence-corrected chi connectivity index (χ1v) is 5.73. The molecular formula is C16H17O. The van der Waals surface area contributed by atoms with E-state index in [1.54, 1.807) is 6.07 Å². The Labute approximate surface area is 103 Å². The van der Waals surface area contributed by atoms with Gasteiger partial charge in [-0.1, -0.05) is 56.3 Å². The lowest BCUT2D eigenvalue weighted by Gasteiger charge is -2.26. The van der Waals surface area contributed by atoms with Crippen molar-refractivity contribution in [1.29, 1.82) is 0 Å². The highest BCUT2D eigenvalue weighted by atomic mass is 16.3. The van der Waals surface area contributed by atoms with E-state index < -0.39 is 0 Å². The van der Waals surface area contributed by atoms with Crippen molar-refractivity contribution in [3.63, 3.8) is 0 Å². The van der Waals surface area contributed by atoms with Gasteiger partial charge in [-0.15, -0.1) is 0 Å². The summed E-state index contributed by atoms with van der Waals surface area (Å²) in [6, 6.07) is 16.0. The van der Waals surface area contributed by atoms with Crippen LogP contribution in [0.25, 0.3) is 0 Å². The van der Waals surface area contributed by atoms with Gasteiger partial charge in [-0.2, -0.15) is 0 Å². The Kier molecular flexibility index (Phi) is 2.93. The molecule has 1 nitrogen and oxygen atoms in total. The molecule has 2 rings (SSSR count). The first kappa shape index (κ1) is 11.7. The van der Waals surface area contributed by atoms with Crippen molar-refractivity contribution in [2.24, 2.45) is 0 Å². The smallest absolute Gasteiger partial charge is 0.118 e. The number of hydrogen-bond donors (Lipinski definition) is 1. The molecule has 0 bridgehead atoms. The van der Waals surface area contributed by atoms with Gasteiger partial charge in [-0.3, -0.25) is 0 Å². The molecule has 1 radical (unpaired) electrons. The zero-order valence-electron chi connectivity index (χ0n) is 10.3. The number of hydrogen-bond acceptors (Lipinski definition) is 1. The molecule has 0 heterocycles. The van der Waals surface area contributed by atoms with E-state index in [0.717, 1.165) is 5.56 Å². The number of rotatable bonds is 2. The Balaban J connectivity index is 2.48. The first-order chi connectivity index (χ1) is 8.01. The van der Waals surface area contributed by atoms with Crippen LogP contribution in [-0.4, -0.2) is 5.11 Å². The van der Waals surface area contributed by atoms with E-state index in [-0.39, 0.29) is 11.2 Å². The molecule has 1 N–H and O–H groups in total. The Bertz CT molecular complexity index is 512. The lowest BCUT2D eigenvalue weighted by atomic mass is 9.78. The highest BCUT2D eigenvalue weighted by Crippen LogP contribution is 2.33. The molecule has 0 atom stereocenters. The second-order valence-electron chi connectivity index (χ2n) is 4.83. The maximum atomic E-state index is 9.52. The Hall–Kier alpha value is -1.76. The van der Waals surface area contributed by atoms with Gasteiger partial charge in [0.15, 0.2) is 0 Å². The fraction of sp³-hybridized carbons (Fsp3) is 0.188. The molecule has 87 valence electrons. The zero-order chi connectivity index (χ0) is 12.5. The summed E-state index contributed by atoms with van der Waals surface area (Å²) in [6.45, 7) is 8.19. The maximum absolute atomic E-state index is 9.52. The van der Waals surface area contributed by atoms with Crippen molar-refractivity contribution in [2.45, 2.75) is 19.3 Å². The normalized spacial score (nSPS) is 11.5. The second-order valence-corrected chi connectivity index (χ2v) is 4.83. The number of phenolic OH excluding ortho intramolecular Hbond substituents is 1. The molecule has 0 saturated heterocycles. The van der Waals surface area contributed by atoms with Crippen LogP contribution in [0.3, 0.4) is 0 Å². The Morgan fingerprint density at radius 2 is 1.59 bits per heavy atom. The summed E-state index contributed by atoms with van der Waals surface area (Å²) in [6.07, 6.45) is 0. The van der Waals surface area contributed by atoms with Crippen molar-refractivity contribution >= 4 is 0 Å². The zero-order valence-corrected chi connectivity index (χ0v) is 10.3. The van der Waals surface area contributed by atoms with Crippen molar-refractivity contribution in [1.82, 2.24) is 0 Å². The largest absolute Gasteiger partial charge is 0.508 e. The van der Waals surface area contributed by atoms with Crippen LogP contribution in [0.4, 0.5) is 0 Å². The fourth-order valence-electron chi connectivity index (χ4n) is 2.00. The van der Waals surface area contributed by atoms with Gasteiger partial charge in [0.25, 0.3) is 0 Å². The summed E-state index contributed by atoms with van der Waals surface area (Å²) in [5.41, 5.74) is 3.00. The summed E-state index contributed by atoms with van der Waals surface area (Å²) in [7, 11) is 0. The summed E-state index contributed by atoms with van der Waals surface area (Å²) in [5, 5.41) is 9.52. The number of aromatic hydroxyl groups is 1. The summed E-state index contributed by atoms with van der Waals surface area (Å²) >= 11 is 0. The van der Waals surface area contributed by atoms with Crippen LogP contribution in [0.15, 0.2) is 48.5 Å². The first-order valence-electron chi connectivity index (χ1n) is 5.73. The standard InChI is InChI=1S/C16H17O/c1-12-11-14(9-10-15(12)17)16(2,3)13-7-5-4-6-8-13/h4-11,17H,1H2,2-3H3. The monoisotopic (exact) mass is 225 g/mol. The average Bonchev–Trinajstić information content (AvgIpc) is 2.33. The molecule has 0 saturated carbocycles. The van der Waals surface area contributed by atoms with Crippen LogP contribution in [-0.2, 0) is 5.41 Å². The quantitative estimate of drug-likeness (QED) is 0.821. The molecule has 0 aromatic heterocycles. The second kappa shape index (κ2) is 4.25. The predicted molar refractivity (Wildman–Crippen MR) is 71.1 cm³/mol. The highest BCUT2D eigenvalue weighted by molar-refractivity contribution is 5.44. The van der Waals surface area contributed by atoms with Crippen LogP contribution >= 0.6 is 0 Å². The average molecular weight is 225 g/mol. The van der Waals surface area contributed by atoms with Gasteiger partial charge in [0.1, 0.15) is 5.75 Å². The third-order valence-electron chi connectivity index (χ3n) is 3.30. The summed E-state index contributed by atoms with van der Waals surface area (Å²) in [5.74, 6) is 0.248. The van der Waals surface area contributed by atoms with Gasteiger partial charge >= 0.3 is 0 Å². The van der Waals surface area contributed by atoms with Crippen LogP contribution in [0.1, 0.15) is 30.5 Å². The van der Waals surface area contributed by atoms with Crippen molar-refractivity contribution in [3.05, 3.63) is 72.1 Å². The van der Waals surface area contributed by atoms with E-state index >= 15 is 0 Å². The minimum atomic E-state index is -0.0819. The van der Waals surface area contributed by atoms with E-state index in [1.165, 1.54) is 5.56 Å². The molecule has 2 aromatic rings. The number of phenols is 1. The van der Waals surface area contributed by atoms with E-state index in [2.05, 4.69) is 32.9 Å². The molecular weight excluding hydrogens is 208 g/mol. The van der Waals surface area contributed by atoms with Crippen molar-refractivity contribution < 1.29 is 5.11 Å². The van der Waals surface area contributed by atoms with E-state index in [1.807, 2.05) is 30.3 Å². The summed E-state index contributed by atoms with van der Waals surface area (Å²) in [4.78, 5) is 0. The Morgan fingerprint density at radius 3 is 2.18 bits per heavy atom. The lowest BCUT2D eigenvalue weighted by molar-refractivity contribution is 0.472. The van der Waals surface area contributed by atoms with Gasteiger partial charge in [-0.05, 0) is 29.7 Å². The van der Waals surface area contributed by atoms with Crippen LogP contribution in [0.2, 0.25) is 0 Å². The van der Waals surface area contributed by atoms with E-state index in [4.69, 9.17) is 0 Å². The van der Waals surface area contributed by atoms with Gasteiger partial charge < -0.3 is 5.11 Å². The van der Waals surface area contributed by atoms with Crippen molar-refractivity contribution in [2.75, 3.05) is 0 Å². The molecule has 0 amide bonds. The van der Waals surface area contributed by atoms with Crippen molar-refractivity contribution in [3.8, 4) is 5.75 Å². The molecule has 17 heavy (non-hydrogen) atoms. The third-order valence-corrected chi connectivity index (χ3v) is 3.30. The van der Waals surface area contributed by atoms with E-state index in [9.17, 15) is 5.11 Å². The van der Waals surface area contributed by atoms with Crippen LogP contribution in [0, 0.1) is 6.92 Å². The molecule has 1 heteroatoms. The highest BCUT2D eigenvalue weighted by Gasteiger charge is 2.23. The summed E-state index contributed by atoms with van der Waals surface area (Å²) < 4.78 is 0. The number of benzene rings is 2. The minimum absolute atomic E-state index is 0.0819. The van der Waals surface area contributed by atoms with Crippen LogP contribution in [0.5, 0.6) is 5.75 Å². The molecule has 0 unspecified atom stereocenters. The lowest BCUT2D eigenvalue weighted by Crippen LogP contribution is -2.18. The SMILES string of the molecule is [CH2]c1cc(C(C)(C)c2ccccc2)ccc1O. The molecule has 0 aliphatic heterocycles. The van der Waals surface area contributed by atoms with Gasteiger partial charge in [0, 0.05) is 5.41 Å². The molecule has 2 aromatic carbocycles. The topological polar surface area (TPSA) is 20.2 Å².